The number of rotatable bonds is 6. The first kappa shape index (κ1) is 18.9. The van der Waals surface area contributed by atoms with Crippen molar-refractivity contribution in [3.63, 3.8) is 0 Å². The highest BCUT2D eigenvalue weighted by atomic mass is 35.5. The van der Waals surface area contributed by atoms with E-state index in [0.29, 0.717) is 23.7 Å². The van der Waals surface area contributed by atoms with E-state index in [1.165, 1.54) is 6.07 Å². The Morgan fingerprint density at radius 1 is 1.46 bits per heavy atom. The molecular weight excluding hydrogens is 355 g/mol. The zero-order chi connectivity index (χ0) is 18.7. The predicted octanol–water partition coefficient (Wildman–Crippen LogP) is 2.95. The van der Waals surface area contributed by atoms with E-state index in [2.05, 4.69) is 10.4 Å². The summed E-state index contributed by atoms with van der Waals surface area (Å²) in [4.78, 5) is 15.0. The van der Waals surface area contributed by atoms with Crippen LogP contribution in [0.2, 0.25) is 5.02 Å². The summed E-state index contributed by atoms with van der Waals surface area (Å²) in [6, 6.07) is 4.61. The van der Waals surface area contributed by atoms with Crippen LogP contribution >= 0.6 is 11.6 Å². The van der Waals surface area contributed by atoms with Crippen LogP contribution in [0.25, 0.3) is 0 Å². The van der Waals surface area contributed by atoms with Crippen molar-refractivity contribution in [1.82, 2.24) is 20.0 Å². The number of hydrogen-bond acceptors (Lipinski definition) is 3. The van der Waals surface area contributed by atoms with E-state index < -0.39 is 0 Å². The zero-order valence-corrected chi connectivity index (χ0v) is 15.8. The molecule has 0 saturated carbocycles. The first-order chi connectivity index (χ1) is 12.5. The summed E-state index contributed by atoms with van der Waals surface area (Å²) in [6.45, 7) is 4.12. The molecule has 1 aromatic carbocycles. The summed E-state index contributed by atoms with van der Waals surface area (Å²) >= 11 is 6.16. The summed E-state index contributed by atoms with van der Waals surface area (Å²) in [7, 11) is 1.87. The number of aromatic nitrogens is 2. The van der Waals surface area contributed by atoms with E-state index in [-0.39, 0.29) is 30.1 Å². The van der Waals surface area contributed by atoms with Crippen molar-refractivity contribution in [3.05, 3.63) is 52.6 Å². The minimum Gasteiger partial charge on any atom is -0.338 e. The van der Waals surface area contributed by atoms with Gasteiger partial charge in [-0.15, -0.1) is 0 Å². The van der Waals surface area contributed by atoms with Crippen LogP contribution in [0.15, 0.2) is 30.6 Å². The van der Waals surface area contributed by atoms with Crippen molar-refractivity contribution in [3.8, 4) is 0 Å². The van der Waals surface area contributed by atoms with Gasteiger partial charge in [0.1, 0.15) is 5.82 Å². The third-order valence-corrected chi connectivity index (χ3v) is 5.25. The molecule has 1 amide bonds. The number of carbonyl (C=O) groups excluding carboxylic acids is 1. The Bertz CT molecular complexity index is 758. The van der Waals surface area contributed by atoms with E-state index in [0.717, 1.165) is 18.5 Å². The first-order valence-corrected chi connectivity index (χ1v) is 9.30. The van der Waals surface area contributed by atoms with Crippen molar-refractivity contribution in [1.29, 1.82) is 0 Å². The fraction of sp³-hybridized carbons (Fsp3) is 0.474. The smallest absolute Gasteiger partial charge is 0.227 e. The van der Waals surface area contributed by atoms with E-state index in [4.69, 9.17) is 11.6 Å². The van der Waals surface area contributed by atoms with Gasteiger partial charge in [-0.1, -0.05) is 24.6 Å². The molecule has 2 aromatic rings. The lowest BCUT2D eigenvalue weighted by Gasteiger charge is -2.28. The van der Waals surface area contributed by atoms with Gasteiger partial charge in [0.05, 0.1) is 12.1 Å². The lowest BCUT2D eigenvalue weighted by molar-refractivity contribution is -0.136. The van der Waals surface area contributed by atoms with Crippen LogP contribution in [0.5, 0.6) is 0 Å². The van der Waals surface area contributed by atoms with Crippen LogP contribution in [0.1, 0.15) is 30.4 Å². The van der Waals surface area contributed by atoms with Gasteiger partial charge < -0.3 is 10.2 Å². The number of aryl methyl sites for hydroxylation is 1. The molecule has 0 aliphatic carbocycles. The minimum absolute atomic E-state index is 0.0324. The van der Waals surface area contributed by atoms with Crippen molar-refractivity contribution in [2.24, 2.45) is 13.0 Å². The molecule has 0 bridgehead atoms. The van der Waals surface area contributed by atoms with Crippen LogP contribution in [0.3, 0.4) is 0 Å². The molecule has 26 heavy (non-hydrogen) atoms. The predicted molar refractivity (Wildman–Crippen MR) is 99.4 cm³/mol. The van der Waals surface area contributed by atoms with Crippen LogP contribution < -0.4 is 5.32 Å². The molecule has 0 radical (unpaired) electrons. The number of hydrogen-bond donors (Lipinski definition) is 1. The van der Waals surface area contributed by atoms with E-state index in [9.17, 15) is 9.18 Å². The third kappa shape index (κ3) is 3.91. The molecule has 0 unspecified atom stereocenters. The highest BCUT2D eigenvalue weighted by Gasteiger charge is 2.37. The first-order valence-electron chi connectivity index (χ1n) is 8.92. The number of nitrogens with one attached hydrogen (secondary N) is 1. The number of benzene rings is 1. The van der Waals surface area contributed by atoms with Crippen molar-refractivity contribution < 1.29 is 9.18 Å². The average Bonchev–Trinajstić information content (AvgIpc) is 3.25. The van der Waals surface area contributed by atoms with Gasteiger partial charge in [-0.3, -0.25) is 9.48 Å². The topological polar surface area (TPSA) is 50.2 Å². The van der Waals surface area contributed by atoms with Gasteiger partial charge in [0.15, 0.2) is 0 Å². The molecule has 2 heterocycles. The Morgan fingerprint density at radius 2 is 2.27 bits per heavy atom. The maximum atomic E-state index is 14.2. The summed E-state index contributed by atoms with van der Waals surface area (Å²) < 4.78 is 15.9. The molecule has 7 heteroatoms. The Kier molecular flexibility index (Phi) is 5.94. The second kappa shape index (κ2) is 8.18. The fourth-order valence-electron chi connectivity index (χ4n) is 3.57. The van der Waals surface area contributed by atoms with Crippen LogP contribution in [0.4, 0.5) is 4.39 Å². The monoisotopic (exact) mass is 378 g/mol. The molecule has 5 nitrogen and oxygen atoms in total. The Balaban J connectivity index is 1.82. The van der Waals surface area contributed by atoms with Gasteiger partial charge in [0.2, 0.25) is 5.91 Å². The lowest BCUT2D eigenvalue weighted by atomic mass is 9.89. The third-order valence-electron chi connectivity index (χ3n) is 4.90. The molecular formula is C19H24ClFN4O. The fourth-order valence-corrected chi connectivity index (χ4v) is 3.79. The molecule has 1 aromatic heterocycles. The maximum absolute atomic E-state index is 14.2. The van der Waals surface area contributed by atoms with Crippen LogP contribution in [0, 0.1) is 11.7 Å². The highest BCUT2D eigenvalue weighted by Crippen LogP contribution is 2.30. The molecule has 0 spiro atoms. The number of amides is 1. The number of nitrogens with zero attached hydrogens (tertiary/aromatic N) is 3. The number of halogens is 2. The van der Waals surface area contributed by atoms with E-state index in [1.807, 2.05) is 26.4 Å². The highest BCUT2D eigenvalue weighted by molar-refractivity contribution is 6.31. The molecule has 2 atom stereocenters. The van der Waals surface area contributed by atoms with Gasteiger partial charge in [0, 0.05) is 55.9 Å². The standard InChI is InChI=1S/C19H24ClFN4O/c1-3-7-25(12-16-17(20)5-4-6-18(16)21)19(26)15-10-22-9-14(15)13-8-23-24(2)11-13/h4-6,8,11,14-15,22H,3,7,9-10,12H2,1-2H3/t14-,15+/m1/s1. The summed E-state index contributed by atoms with van der Waals surface area (Å²) in [5.74, 6) is -0.451. The Morgan fingerprint density at radius 3 is 2.92 bits per heavy atom. The quantitative estimate of drug-likeness (QED) is 0.840. The SMILES string of the molecule is CCCN(Cc1c(F)cccc1Cl)C(=O)[C@H]1CNC[C@@H]1c1cnn(C)c1. The van der Waals surface area contributed by atoms with Crippen LogP contribution in [-0.4, -0.2) is 40.2 Å². The van der Waals surface area contributed by atoms with E-state index in [1.54, 1.807) is 21.7 Å². The van der Waals surface area contributed by atoms with Crippen LogP contribution in [-0.2, 0) is 18.4 Å². The molecule has 1 N–H and O–H groups in total. The average molecular weight is 379 g/mol. The summed E-state index contributed by atoms with van der Waals surface area (Å²) in [6.07, 6.45) is 4.57. The number of carbonyl (C=O) groups is 1. The minimum atomic E-state index is -0.375. The zero-order valence-electron chi connectivity index (χ0n) is 15.1. The molecule has 1 aliphatic heterocycles. The van der Waals surface area contributed by atoms with E-state index >= 15 is 0 Å². The molecule has 3 rings (SSSR count). The summed E-state index contributed by atoms with van der Waals surface area (Å²) in [5.41, 5.74) is 1.43. The van der Waals surface area contributed by atoms with Gasteiger partial charge in [0.25, 0.3) is 0 Å². The van der Waals surface area contributed by atoms with Crippen molar-refractivity contribution in [2.75, 3.05) is 19.6 Å². The normalized spacial score (nSPS) is 19.7. The Labute approximate surface area is 158 Å². The second-order valence-electron chi connectivity index (χ2n) is 6.78. The molecule has 1 aliphatic rings. The summed E-state index contributed by atoms with van der Waals surface area (Å²) in [5, 5.41) is 7.89. The molecule has 1 saturated heterocycles. The Hall–Kier alpha value is -1.92. The van der Waals surface area contributed by atoms with Gasteiger partial charge in [-0.2, -0.15) is 5.10 Å². The second-order valence-corrected chi connectivity index (χ2v) is 7.19. The van der Waals surface area contributed by atoms with Gasteiger partial charge in [-0.05, 0) is 24.1 Å². The maximum Gasteiger partial charge on any atom is 0.227 e. The molecule has 140 valence electrons. The van der Waals surface area contributed by atoms with Gasteiger partial charge in [-0.25, -0.2) is 4.39 Å². The molecule has 1 fully saturated rings. The van der Waals surface area contributed by atoms with Crippen molar-refractivity contribution >= 4 is 17.5 Å². The lowest BCUT2D eigenvalue weighted by Crippen LogP contribution is -2.39. The van der Waals surface area contributed by atoms with Gasteiger partial charge >= 0.3 is 0 Å². The largest absolute Gasteiger partial charge is 0.338 e. The van der Waals surface area contributed by atoms with Crippen molar-refractivity contribution in [2.45, 2.75) is 25.8 Å².